The number of hydrogen-bond acceptors (Lipinski definition) is 4. The fourth-order valence-corrected chi connectivity index (χ4v) is 5.24. The van der Waals surface area contributed by atoms with Gasteiger partial charge in [-0.15, -0.1) is 0 Å². The smallest absolute Gasteiger partial charge is 0.249 e. The molecule has 4 N–H and O–H groups in total. The second kappa shape index (κ2) is 30.3. The van der Waals surface area contributed by atoms with Crippen LogP contribution in [0.25, 0.3) is 0 Å². The summed E-state index contributed by atoms with van der Waals surface area (Å²) in [6, 6.07) is -0.811. The fourth-order valence-electron chi connectivity index (χ4n) is 5.24. The number of aliphatic hydroxyl groups excluding tert-OH is 3. The summed E-state index contributed by atoms with van der Waals surface area (Å²) in [6.07, 6.45) is 32.7. The van der Waals surface area contributed by atoms with Gasteiger partial charge in [0.05, 0.1) is 18.8 Å². The molecule has 0 rings (SSSR count). The quantitative estimate of drug-likeness (QED) is 0.0505. The Morgan fingerprint density at radius 1 is 0.683 bits per heavy atom. The molecule has 0 aliphatic heterocycles. The number of hydrogen-bond donors (Lipinski definition) is 4. The zero-order chi connectivity index (χ0) is 30.4. The van der Waals surface area contributed by atoms with Gasteiger partial charge in [0, 0.05) is 0 Å². The van der Waals surface area contributed by atoms with Crippen molar-refractivity contribution in [2.75, 3.05) is 6.61 Å². The molecule has 0 saturated heterocycles. The second-order valence-corrected chi connectivity index (χ2v) is 12.3. The van der Waals surface area contributed by atoms with E-state index in [1.807, 2.05) is 6.08 Å². The van der Waals surface area contributed by atoms with Crippen LogP contribution in [0, 0.1) is 0 Å². The van der Waals surface area contributed by atoms with Crippen LogP contribution in [-0.2, 0) is 4.79 Å². The van der Waals surface area contributed by atoms with E-state index in [1.165, 1.54) is 115 Å². The Morgan fingerprint density at radius 2 is 1.15 bits per heavy atom. The van der Waals surface area contributed by atoms with E-state index in [0.717, 1.165) is 38.5 Å². The van der Waals surface area contributed by atoms with Crippen LogP contribution < -0.4 is 5.32 Å². The molecule has 0 radical (unpaired) electrons. The molecule has 5 nitrogen and oxygen atoms in total. The Hall–Kier alpha value is -1.17. The average Bonchev–Trinajstić information content (AvgIpc) is 2.97. The summed E-state index contributed by atoms with van der Waals surface area (Å²) < 4.78 is 0. The van der Waals surface area contributed by atoms with Crippen molar-refractivity contribution in [2.24, 2.45) is 0 Å². The summed E-state index contributed by atoms with van der Waals surface area (Å²) in [6.45, 7) is 6.28. The van der Waals surface area contributed by atoms with Crippen molar-refractivity contribution >= 4 is 5.91 Å². The SMILES string of the molecule is CCCCCCCC/C=C(\C)CC/C=C/[C@@H](O)[C@H](CO)NC(=O)[C@H](O)CCCCCCCCCCCCCCCC. The zero-order valence-electron chi connectivity index (χ0n) is 27.4. The zero-order valence-corrected chi connectivity index (χ0v) is 27.4. The first-order valence-corrected chi connectivity index (χ1v) is 17.6. The van der Waals surface area contributed by atoms with Crippen molar-refractivity contribution in [2.45, 2.75) is 193 Å². The van der Waals surface area contributed by atoms with Gasteiger partial charge in [-0.2, -0.15) is 0 Å². The molecule has 0 aromatic rings. The maximum atomic E-state index is 12.4. The van der Waals surface area contributed by atoms with E-state index in [1.54, 1.807) is 6.08 Å². The van der Waals surface area contributed by atoms with Gasteiger partial charge in [0.25, 0.3) is 0 Å². The Labute approximate surface area is 254 Å². The van der Waals surface area contributed by atoms with Gasteiger partial charge >= 0.3 is 0 Å². The molecule has 0 fully saturated rings. The van der Waals surface area contributed by atoms with Gasteiger partial charge in [0.15, 0.2) is 0 Å². The largest absolute Gasteiger partial charge is 0.394 e. The van der Waals surface area contributed by atoms with Crippen molar-refractivity contribution in [3.05, 3.63) is 23.8 Å². The first-order chi connectivity index (χ1) is 20.0. The lowest BCUT2D eigenvalue weighted by molar-refractivity contribution is -0.131. The Morgan fingerprint density at radius 3 is 1.63 bits per heavy atom. The molecule has 0 aliphatic carbocycles. The minimum Gasteiger partial charge on any atom is -0.394 e. The van der Waals surface area contributed by atoms with Crippen molar-refractivity contribution in [3.63, 3.8) is 0 Å². The highest BCUT2D eigenvalue weighted by Crippen LogP contribution is 2.14. The summed E-state index contributed by atoms with van der Waals surface area (Å²) in [4.78, 5) is 12.4. The number of carbonyl (C=O) groups is 1. The topological polar surface area (TPSA) is 89.8 Å². The van der Waals surface area contributed by atoms with Gasteiger partial charge in [0.1, 0.15) is 6.10 Å². The van der Waals surface area contributed by atoms with Gasteiger partial charge in [-0.05, 0) is 39.0 Å². The summed E-state index contributed by atoms with van der Waals surface area (Å²) in [5, 5.41) is 33.0. The molecule has 242 valence electrons. The molecule has 0 aliphatic rings. The summed E-state index contributed by atoms with van der Waals surface area (Å²) in [5.74, 6) is -0.514. The van der Waals surface area contributed by atoms with Crippen molar-refractivity contribution in [1.82, 2.24) is 5.32 Å². The lowest BCUT2D eigenvalue weighted by atomic mass is 10.0. The standard InChI is InChI=1S/C36H69NO4/c1-4-6-8-10-12-13-14-15-16-17-18-20-22-24-30-35(40)36(41)37-33(31-38)34(39)29-26-25-28-32(3)27-23-21-19-11-9-7-5-2/h26-27,29,33-35,38-40H,4-25,28,30-31H2,1-3H3,(H,37,41)/b29-26+,32-27+/t33-,34+,35+/m0/s1. The molecule has 0 spiro atoms. The van der Waals surface area contributed by atoms with Crippen LogP contribution in [0.1, 0.15) is 175 Å². The van der Waals surface area contributed by atoms with Gasteiger partial charge in [-0.25, -0.2) is 0 Å². The van der Waals surface area contributed by atoms with Crippen LogP contribution in [0.2, 0.25) is 0 Å². The number of unbranched alkanes of at least 4 members (excludes halogenated alkanes) is 19. The first-order valence-electron chi connectivity index (χ1n) is 17.6. The van der Waals surface area contributed by atoms with Gasteiger partial charge < -0.3 is 20.6 Å². The van der Waals surface area contributed by atoms with Gasteiger partial charge in [-0.3, -0.25) is 4.79 Å². The number of rotatable bonds is 30. The van der Waals surface area contributed by atoms with E-state index in [0.29, 0.717) is 6.42 Å². The van der Waals surface area contributed by atoms with E-state index in [4.69, 9.17) is 0 Å². The third-order valence-corrected chi connectivity index (χ3v) is 8.16. The number of amides is 1. The fraction of sp³-hybridized carbons (Fsp3) is 0.861. The molecule has 0 heterocycles. The number of nitrogens with one attached hydrogen (secondary N) is 1. The number of carbonyl (C=O) groups excluding carboxylic acids is 1. The van der Waals surface area contributed by atoms with Crippen LogP contribution in [0.15, 0.2) is 23.8 Å². The molecular weight excluding hydrogens is 510 g/mol. The predicted molar refractivity (Wildman–Crippen MR) is 176 cm³/mol. The lowest BCUT2D eigenvalue weighted by Crippen LogP contribution is -2.48. The van der Waals surface area contributed by atoms with Gasteiger partial charge in [-0.1, -0.05) is 160 Å². The monoisotopic (exact) mass is 580 g/mol. The average molecular weight is 580 g/mol. The van der Waals surface area contributed by atoms with Crippen LogP contribution in [-0.4, -0.2) is 46.1 Å². The molecule has 0 aromatic heterocycles. The molecule has 1 amide bonds. The predicted octanol–water partition coefficient (Wildman–Crippen LogP) is 9.09. The van der Waals surface area contributed by atoms with Crippen molar-refractivity contribution in [3.8, 4) is 0 Å². The maximum Gasteiger partial charge on any atom is 0.249 e. The normalized spacial score (nSPS) is 14.4. The minimum absolute atomic E-state index is 0.375. The van der Waals surface area contributed by atoms with Crippen LogP contribution in [0.4, 0.5) is 0 Å². The van der Waals surface area contributed by atoms with E-state index in [9.17, 15) is 20.1 Å². The number of allylic oxidation sites excluding steroid dienone is 3. The molecule has 3 atom stereocenters. The molecule has 0 saturated carbocycles. The molecule has 5 heteroatoms. The van der Waals surface area contributed by atoms with Crippen molar-refractivity contribution in [1.29, 1.82) is 0 Å². The summed E-state index contributed by atoms with van der Waals surface area (Å²) >= 11 is 0. The molecule has 0 bridgehead atoms. The van der Waals surface area contributed by atoms with Crippen LogP contribution >= 0.6 is 0 Å². The maximum absolute atomic E-state index is 12.4. The van der Waals surface area contributed by atoms with E-state index >= 15 is 0 Å². The Kier molecular flexibility index (Phi) is 29.4. The highest BCUT2D eigenvalue weighted by molar-refractivity contribution is 5.80. The van der Waals surface area contributed by atoms with E-state index in [2.05, 4.69) is 32.2 Å². The Bertz CT molecular complexity index is 633. The van der Waals surface area contributed by atoms with Crippen molar-refractivity contribution < 1.29 is 20.1 Å². The summed E-state index contributed by atoms with van der Waals surface area (Å²) in [7, 11) is 0. The van der Waals surface area contributed by atoms with Crippen LogP contribution in [0.3, 0.4) is 0 Å². The molecule has 0 unspecified atom stereocenters. The summed E-state index contributed by atoms with van der Waals surface area (Å²) in [5.41, 5.74) is 1.36. The van der Waals surface area contributed by atoms with Crippen LogP contribution in [0.5, 0.6) is 0 Å². The Balaban J connectivity index is 3.91. The minimum atomic E-state index is -1.10. The lowest BCUT2D eigenvalue weighted by Gasteiger charge is -2.21. The highest BCUT2D eigenvalue weighted by Gasteiger charge is 2.22. The van der Waals surface area contributed by atoms with Gasteiger partial charge in [0.2, 0.25) is 5.91 Å². The molecular formula is C36H69NO4. The first kappa shape index (κ1) is 39.8. The molecule has 41 heavy (non-hydrogen) atoms. The third-order valence-electron chi connectivity index (χ3n) is 8.16. The number of aliphatic hydroxyl groups is 3. The second-order valence-electron chi connectivity index (χ2n) is 12.3. The van der Waals surface area contributed by atoms with E-state index in [-0.39, 0.29) is 6.61 Å². The molecule has 0 aromatic carbocycles. The van der Waals surface area contributed by atoms with E-state index < -0.39 is 24.2 Å². The third kappa shape index (κ3) is 26.2. The highest BCUT2D eigenvalue weighted by atomic mass is 16.3.